The third-order valence-electron chi connectivity index (χ3n) is 8.20. The van der Waals surface area contributed by atoms with E-state index in [1.807, 2.05) is 0 Å². The van der Waals surface area contributed by atoms with Crippen molar-refractivity contribution < 1.29 is 4.79 Å². The Balaban J connectivity index is 1.68. The molecule has 2 aromatic rings. The molecule has 2 unspecified atom stereocenters. The average molecular weight is 421 g/mol. The minimum absolute atomic E-state index is 0.0344. The minimum atomic E-state index is 0.0344. The molecule has 1 aromatic heterocycles. The van der Waals surface area contributed by atoms with Gasteiger partial charge in [0.2, 0.25) is 11.9 Å². The number of rotatable bonds is 3. The Kier molecular flexibility index (Phi) is 5.39. The molecule has 1 aliphatic heterocycles. The van der Waals surface area contributed by atoms with Gasteiger partial charge in [0.15, 0.2) is 5.82 Å². The van der Waals surface area contributed by atoms with Crippen LogP contribution in [0, 0.1) is 19.8 Å². The van der Waals surface area contributed by atoms with Crippen LogP contribution in [0.2, 0.25) is 0 Å². The number of benzene rings is 1. The van der Waals surface area contributed by atoms with Crippen molar-refractivity contribution in [3.63, 3.8) is 0 Å². The first-order chi connectivity index (χ1) is 15.0. The molecule has 31 heavy (non-hydrogen) atoms. The summed E-state index contributed by atoms with van der Waals surface area (Å²) in [6.07, 6.45) is 12.4. The number of carbonyl (C=O) groups excluding carboxylic acids is 1. The van der Waals surface area contributed by atoms with Crippen LogP contribution in [0.5, 0.6) is 0 Å². The lowest BCUT2D eigenvalue weighted by atomic mass is 9.64. The van der Waals surface area contributed by atoms with Gasteiger partial charge in [-0.15, -0.1) is 5.10 Å². The van der Waals surface area contributed by atoms with Gasteiger partial charge in [-0.1, -0.05) is 51.2 Å². The first-order valence-electron chi connectivity index (χ1n) is 12.4. The molecule has 0 radical (unpaired) electrons. The van der Waals surface area contributed by atoms with Crippen LogP contribution in [0.25, 0.3) is 11.4 Å². The van der Waals surface area contributed by atoms with Gasteiger partial charge in [0.05, 0.1) is 5.54 Å². The molecule has 5 nitrogen and oxygen atoms in total. The van der Waals surface area contributed by atoms with Gasteiger partial charge >= 0.3 is 0 Å². The van der Waals surface area contributed by atoms with Crippen molar-refractivity contribution in [1.82, 2.24) is 14.8 Å². The molecule has 5 heteroatoms. The quantitative estimate of drug-likeness (QED) is 0.619. The normalized spacial score (nSPS) is 24.7. The highest BCUT2D eigenvalue weighted by molar-refractivity contribution is 5.93. The molecule has 1 spiro atoms. The fraction of sp³-hybridized carbons (Fsp3) is 0.654. The third kappa shape index (κ3) is 3.32. The van der Waals surface area contributed by atoms with Crippen LogP contribution in [0.15, 0.2) is 18.2 Å². The van der Waals surface area contributed by atoms with Gasteiger partial charge in [-0.05, 0) is 63.1 Å². The Morgan fingerprint density at radius 2 is 1.84 bits per heavy atom. The van der Waals surface area contributed by atoms with Gasteiger partial charge < -0.3 is 0 Å². The first kappa shape index (κ1) is 20.7. The highest BCUT2D eigenvalue weighted by atomic mass is 16.2. The van der Waals surface area contributed by atoms with Crippen molar-refractivity contribution in [3.05, 3.63) is 29.3 Å². The maximum absolute atomic E-state index is 13.4. The molecule has 2 fully saturated rings. The third-order valence-corrected chi connectivity index (χ3v) is 8.20. The molecular weight excluding hydrogens is 384 g/mol. The van der Waals surface area contributed by atoms with E-state index in [2.05, 4.69) is 48.6 Å². The number of hydrogen-bond acceptors (Lipinski definition) is 3. The Morgan fingerprint density at radius 3 is 2.58 bits per heavy atom. The molecule has 5 rings (SSSR count). The zero-order chi connectivity index (χ0) is 21.6. The molecule has 2 atom stereocenters. The van der Waals surface area contributed by atoms with Gasteiger partial charge in [0, 0.05) is 23.9 Å². The summed E-state index contributed by atoms with van der Waals surface area (Å²) in [6, 6.07) is 6.76. The van der Waals surface area contributed by atoms with Crippen molar-refractivity contribution in [3.8, 4) is 11.4 Å². The number of aryl methyl sites for hydroxylation is 2. The fourth-order valence-corrected chi connectivity index (χ4v) is 6.49. The SMILES string of the molecule is CCCC(=O)N1c2nc(-c3ccc(C)c(C)c3)nn2C2(CCCCC2)C2CCCCC21. The molecule has 2 heterocycles. The lowest BCUT2D eigenvalue weighted by Crippen LogP contribution is -2.61. The number of aromatic nitrogens is 3. The second-order valence-corrected chi connectivity index (χ2v) is 10.1. The van der Waals surface area contributed by atoms with E-state index in [0.29, 0.717) is 12.3 Å². The lowest BCUT2D eigenvalue weighted by molar-refractivity contribution is -0.121. The van der Waals surface area contributed by atoms with Crippen LogP contribution in [-0.2, 0) is 10.3 Å². The Morgan fingerprint density at radius 1 is 1.06 bits per heavy atom. The Hall–Kier alpha value is -2.17. The van der Waals surface area contributed by atoms with Crippen molar-refractivity contribution in [2.24, 2.45) is 5.92 Å². The number of nitrogens with zero attached hydrogens (tertiary/aromatic N) is 4. The van der Waals surface area contributed by atoms with E-state index < -0.39 is 0 Å². The molecule has 2 aliphatic carbocycles. The van der Waals surface area contributed by atoms with E-state index in [0.717, 1.165) is 30.2 Å². The second-order valence-electron chi connectivity index (χ2n) is 10.1. The molecule has 0 saturated heterocycles. The standard InChI is InChI=1S/C26H36N4O/c1-4-10-23(31)29-22-12-7-6-11-21(22)26(15-8-5-9-16-26)30-25(29)27-24(28-30)20-14-13-18(2)19(3)17-20/h13-14,17,21-22H,4-12,15-16H2,1-3H3. The molecule has 3 aliphatic rings. The van der Waals surface area contributed by atoms with Crippen LogP contribution >= 0.6 is 0 Å². The van der Waals surface area contributed by atoms with E-state index >= 15 is 0 Å². The molecule has 0 N–H and O–H groups in total. The van der Waals surface area contributed by atoms with E-state index in [4.69, 9.17) is 10.1 Å². The molecule has 1 amide bonds. The van der Waals surface area contributed by atoms with E-state index in [1.165, 1.54) is 62.5 Å². The number of amides is 1. The van der Waals surface area contributed by atoms with Gasteiger partial charge in [0.25, 0.3) is 0 Å². The maximum atomic E-state index is 13.4. The summed E-state index contributed by atoms with van der Waals surface area (Å²) in [4.78, 5) is 20.5. The minimum Gasteiger partial charge on any atom is -0.277 e. The van der Waals surface area contributed by atoms with Gasteiger partial charge in [-0.3, -0.25) is 9.69 Å². The predicted molar refractivity (Wildman–Crippen MR) is 124 cm³/mol. The van der Waals surface area contributed by atoms with Gasteiger partial charge in [-0.25, -0.2) is 4.68 Å². The van der Waals surface area contributed by atoms with Crippen molar-refractivity contribution in [2.45, 2.75) is 103 Å². The predicted octanol–water partition coefficient (Wildman–Crippen LogP) is 5.93. The Labute approximate surface area is 186 Å². The molecular formula is C26H36N4O. The van der Waals surface area contributed by atoms with E-state index in [1.54, 1.807) is 0 Å². The monoisotopic (exact) mass is 420 g/mol. The summed E-state index contributed by atoms with van der Waals surface area (Å²) in [6.45, 7) is 6.37. The van der Waals surface area contributed by atoms with Crippen molar-refractivity contribution in [1.29, 1.82) is 0 Å². The van der Waals surface area contributed by atoms with Crippen LogP contribution in [0.4, 0.5) is 5.95 Å². The number of anilines is 1. The highest BCUT2D eigenvalue weighted by Crippen LogP contribution is 2.53. The summed E-state index contributed by atoms with van der Waals surface area (Å²) >= 11 is 0. The van der Waals surface area contributed by atoms with Gasteiger partial charge in [-0.2, -0.15) is 4.98 Å². The molecule has 1 aromatic carbocycles. The zero-order valence-electron chi connectivity index (χ0n) is 19.4. The summed E-state index contributed by atoms with van der Waals surface area (Å²) < 4.78 is 2.23. The van der Waals surface area contributed by atoms with E-state index in [-0.39, 0.29) is 17.5 Å². The highest BCUT2D eigenvalue weighted by Gasteiger charge is 2.54. The van der Waals surface area contributed by atoms with E-state index in [9.17, 15) is 4.79 Å². The molecule has 166 valence electrons. The van der Waals surface area contributed by atoms with Crippen LogP contribution in [-0.4, -0.2) is 26.7 Å². The summed E-state index contributed by atoms with van der Waals surface area (Å²) in [7, 11) is 0. The number of hydrogen-bond donors (Lipinski definition) is 0. The summed E-state index contributed by atoms with van der Waals surface area (Å²) in [5.41, 5.74) is 3.63. The zero-order valence-corrected chi connectivity index (χ0v) is 19.4. The van der Waals surface area contributed by atoms with Gasteiger partial charge in [0.1, 0.15) is 0 Å². The second kappa shape index (κ2) is 8.07. The molecule has 0 bridgehead atoms. The van der Waals surface area contributed by atoms with Crippen LogP contribution < -0.4 is 4.90 Å². The van der Waals surface area contributed by atoms with Crippen molar-refractivity contribution >= 4 is 11.9 Å². The first-order valence-corrected chi connectivity index (χ1v) is 12.4. The largest absolute Gasteiger partial charge is 0.277 e. The number of carbonyl (C=O) groups is 1. The Bertz CT molecular complexity index is 972. The smallest absolute Gasteiger partial charge is 0.231 e. The fourth-order valence-electron chi connectivity index (χ4n) is 6.49. The lowest BCUT2D eigenvalue weighted by Gasteiger charge is -2.55. The number of fused-ring (bicyclic) bond motifs is 4. The van der Waals surface area contributed by atoms with Crippen LogP contribution in [0.3, 0.4) is 0 Å². The van der Waals surface area contributed by atoms with Crippen LogP contribution in [0.1, 0.15) is 88.7 Å². The van der Waals surface area contributed by atoms with Crippen molar-refractivity contribution in [2.75, 3.05) is 4.90 Å². The summed E-state index contributed by atoms with van der Waals surface area (Å²) in [5, 5.41) is 5.16. The topological polar surface area (TPSA) is 51.0 Å². The average Bonchev–Trinajstić information content (AvgIpc) is 3.23. The molecule has 2 saturated carbocycles. The summed E-state index contributed by atoms with van der Waals surface area (Å²) in [5.74, 6) is 2.32. The maximum Gasteiger partial charge on any atom is 0.231 e.